The maximum Gasteiger partial charge on any atom is 0.0597 e. The van der Waals surface area contributed by atoms with Gasteiger partial charge in [0.15, 0.2) is 0 Å². The van der Waals surface area contributed by atoms with Gasteiger partial charge in [-0.1, -0.05) is 44.2 Å². The van der Waals surface area contributed by atoms with E-state index in [1.54, 1.807) is 0 Å². The molecule has 0 aliphatic heterocycles. The van der Waals surface area contributed by atoms with E-state index in [0.29, 0.717) is 17.8 Å². The molecule has 0 aromatic heterocycles. The quantitative estimate of drug-likeness (QED) is 0.777. The lowest BCUT2D eigenvalue weighted by molar-refractivity contribution is 0.101. The normalized spacial score (nSPS) is 27.7. The van der Waals surface area contributed by atoms with Crippen LogP contribution in [0.5, 0.6) is 0 Å². The van der Waals surface area contributed by atoms with Crippen molar-refractivity contribution >= 4 is 0 Å². The van der Waals surface area contributed by atoms with E-state index in [2.05, 4.69) is 38.1 Å². The molecule has 1 aliphatic rings. The molecule has 1 aliphatic carbocycles. The molecule has 1 heteroatoms. The minimum absolute atomic E-state index is 0.125. The number of hydrogen-bond donors (Lipinski definition) is 1. The van der Waals surface area contributed by atoms with Gasteiger partial charge in [0, 0.05) is 0 Å². The van der Waals surface area contributed by atoms with Crippen molar-refractivity contribution < 1.29 is 5.11 Å². The molecule has 0 saturated heterocycles. The Morgan fingerprint density at radius 3 is 2.43 bits per heavy atom. The monoisotopic (exact) mass is 190 g/mol. The van der Waals surface area contributed by atoms with E-state index >= 15 is 0 Å². The minimum atomic E-state index is -0.125. The Morgan fingerprint density at radius 2 is 1.86 bits per heavy atom. The van der Waals surface area contributed by atoms with Gasteiger partial charge >= 0.3 is 0 Å². The summed E-state index contributed by atoms with van der Waals surface area (Å²) in [6.07, 6.45) is 1.03. The summed E-state index contributed by atoms with van der Waals surface area (Å²) >= 11 is 0. The van der Waals surface area contributed by atoms with Crippen LogP contribution in [0.1, 0.15) is 31.7 Å². The molecule has 14 heavy (non-hydrogen) atoms. The Balaban J connectivity index is 2.00. The zero-order chi connectivity index (χ0) is 10.1. The number of hydrogen-bond acceptors (Lipinski definition) is 1. The Hall–Kier alpha value is -0.820. The smallest absolute Gasteiger partial charge is 0.0597 e. The van der Waals surface area contributed by atoms with Crippen LogP contribution in [0.15, 0.2) is 30.3 Å². The topological polar surface area (TPSA) is 20.2 Å². The second kappa shape index (κ2) is 3.74. The number of aliphatic hydroxyl groups is 1. The molecular weight excluding hydrogens is 172 g/mol. The third-order valence-corrected chi connectivity index (χ3v) is 3.19. The van der Waals surface area contributed by atoms with Crippen LogP contribution in [0.2, 0.25) is 0 Å². The van der Waals surface area contributed by atoms with E-state index in [9.17, 15) is 5.11 Å². The molecule has 1 aromatic carbocycles. The van der Waals surface area contributed by atoms with Crippen molar-refractivity contribution in [1.82, 2.24) is 0 Å². The number of aliphatic hydroxyl groups excluding tert-OH is 1. The summed E-state index contributed by atoms with van der Waals surface area (Å²) in [6.45, 7) is 4.18. The van der Waals surface area contributed by atoms with Gasteiger partial charge in [-0.2, -0.15) is 0 Å². The zero-order valence-corrected chi connectivity index (χ0v) is 8.85. The first-order chi connectivity index (χ1) is 6.70. The lowest BCUT2D eigenvalue weighted by atomic mass is 9.99. The van der Waals surface area contributed by atoms with E-state index in [-0.39, 0.29) is 6.10 Å². The van der Waals surface area contributed by atoms with Crippen molar-refractivity contribution in [3.8, 4) is 0 Å². The van der Waals surface area contributed by atoms with E-state index in [1.165, 1.54) is 5.56 Å². The summed E-state index contributed by atoms with van der Waals surface area (Å²) in [7, 11) is 0. The fourth-order valence-electron chi connectivity index (χ4n) is 2.17. The van der Waals surface area contributed by atoms with Gasteiger partial charge in [-0.05, 0) is 29.7 Å². The molecule has 0 radical (unpaired) electrons. The Morgan fingerprint density at radius 1 is 1.21 bits per heavy atom. The van der Waals surface area contributed by atoms with Crippen molar-refractivity contribution in [3.05, 3.63) is 35.9 Å². The largest absolute Gasteiger partial charge is 0.393 e. The summed E-state index contributed by atoms with van der Waals surface area (Å²) in [6, 6.07) is 10.5. The highest BCUT2D eigenvalue weighted by Crippen LogP contribution is 2.50. The summed E-state index contributed by atoms with van der Waals surface area (Å²) < 4.78 is 0. The van der Waals surface area contributed by atoms with Gasteiger partial charge < -0.3 is 5.11 Å². The van der Waals surface area contributed by atoms with Crippen molar-refractivity contribution in [1.29, 1.82) is 0 Å². The maximum atomic E-state index is 9.90. The fraction of sp³-hybridized carbons (Fsp3) is 0.538. The highest BCUT2D eigenvalue weighted by molar-refractivity contribution is 5.26. The highest BCUT2D eigenvalue weighted by Gasteiger charge is 2.43. The predicted octanol–water partition coefficient (Wildman–Crippen LogP) is 2.81. The van der Waals surface area contributed by atoms with Crippen molar-refractivity contribution in [2.24, 2.45) is 11.8 Å². The van der Waals surface area contributed by atoms with Gasteiger partial charge in [0.1, 0.15) is 0 Å². The SMILES string of the molecule is CC(C)[C@H](O)[C@H]1C[C@@H]1c1ccccc1. The second-order valence-electron chi connectivity index (χ2n) is 4.65. The molecule has 1 saturated carbocycles. The molecule has 0 amide bonds. The van der Waals surface area contributed by atoms with Crippen LogP contribution in [-0.2, 0) is 0 Å². The standard InChI is InChI=1S/C13H18O/c1-9(2)13(14)12-8-11(12)10-6-4-3-5-7-10/h3-7,9,11-14H,8H2,1-2H3/t11-,12+,13+/m1/s1. The number of benzene rings is 1. The molecule has 0 spiro atoms. The molecule has 1 fully saturated rings. The highest BCUT2D eigenvalue weighted by atomic mass is 16.3. The lowest BCUT2D eigenvalue weighted by Gasteiger charge is -2.13. The molecule has 76 valence electrons. The van der Waals surface area contributed by atoms with Crippen LogP contribution in [0.3, 0.4) is 0 Å². The molecule has 0 unspecified atom stereocenters. The second-order valence-corrected chi connectivity index (χ2v) is 4.65. The fourth-order valence-corrected chi connectivity index (χ4v) is 2.17. The van der Waals surface area contributed by atoms with Crippen LogP contribution < -0.4 is 0 Å². The molecular formula is C13H18O. The molecule has 0 bridgehead atoms. The first kappa shape index (κ1) is 9.72. The van der Waals surface area contributed by atoms with Gasteiger partial charge in [-0.15, -0.1) is 0 Å². The van der Waals surface area contributed by atoms with Crippen molar-refractivity contribution in [2.75, 3.05) is 0 Å². The van der Waals surface area contributed by atoms with Gasteiger partial charge in [0.25, 0.3) is 0 Å². The third-order valence-electron chi connectivity index (χ3n) is 3.19. The summed E-state index contributed by atoms with van der Waals surface area (Å²) in [5.41, 5.74) is 1.39. The van der Waals surface area contributed by atoms with Crippen LogP contribution in [0, 0.1) is 11.8 Å². The molecule has 3 atom stereocenters. The van der Waals surface area contributed by atoms with Crippen LogP contribution in [0.25, 0.3) is 0 Å². The van der Waals surface area contributed by atoms with Gasteiger partial charge in [-0.3, -0.25) is 0 Å². The molecule has 0 heterocycles. The van der Waals surface area contributed by atoms with Gasteiger partial charge in [-0.25, -0.2) is 0 Å². The number of rotatable bonds is 3. The van der Waals surface area contributed by atoms with Crippen LogP contribution in [-0.4, -0.2) is 11.2 Å². The maximum absolute atomic E-state index is 9.90. The first-order valence-electron chi connectivity index (χ1n) is 5.43. The molecule has 1 aromatic rings. The first-order valence-corrected chi connectivity index (χ1v) is 5.43. The third kappa shape index (κ3) is 1.83. The van der Waals surface area contributed by atoms with Gasteiger partial charge in [0.2, 0.25) is 0 Å². The Bertz CT molecular complexity index is 291. The van der Waals surface area contributed by atoms with Crippen LogP contribution in [0.4, 0.5) is 0 Å². The zero-order valence-electron chi connectivity index (χ0n) is 8.85. The van der Waals surface area contributed by atoms with E-state index in [1.807, 2.05) is 6.07 Å². The average Bonchev–Trinajstić information content (AvgIpc) is 2.97. The summed E-state index contributed by atoms with van der Waals surface area (Å²) in [5.74, 6) is 1.49. The Labute approximate surface area is 85.8 Å². The predicted molar refractivity (Wildman–Crippen MR) is 58.1 cm³/mol. The van der Waals surface area contributed by atoms with E-state index in [4.69, 9.17) is 0 Å². The van der Waals surface area contributed by atoms with Gasteiger partial charge in [0.05, 0.1) is 6.10 Å². The molecule has 2 rings (SSSR count). The summed E-state index contributed by atoms with van der Waals surface area (Å²) in [4.78, 5) is 0. The minimum Gasteiger partial charge on any atom is -0.393 e. The van der Waals surface area contributed by atoms with Crippen LogP contribution >= 0.6 is 0 Å². The van der Waals surface area contributed by atoms with E-state index < -0.39 is 0 Å². The lowest BCUT2D eigenvalue weighted by Crippen LogP contribution is -2.17. The molecule has 1 nitrogen and oxygen atoms in total. The molecule has 1 N–H and O–H groups in total. The van der Waals surface area contributed by atoms with Crippen molar-refractivity contribution in [2.45, 2.75) is 32.3 Å². The summed E-state index contributed by atoms with van der Waals surface area (Å²) in [5, 5.41) is 9.90. The van der Waals surface area contributed by atoms with Crippen molar-refractivity contribution in [3.63, 3.8) is 0 Å². The average molecular weight is 190 g/mol. The van der Waals surface area contributed by atoms with E-state index in [0.717, 1.165) is 6.42 Å². The Kier molecular flexibility index (Phi) is 2.60.